The van der Waals surface area contributed by atoms with Crippen LogP contribution in [-0.2, 0) is 4.79 Å². The van der Waals surface area contributed by atoms with Crippen LogP contribution in [0, 0.1) is 11.7 Å². The highest BCUT2D eigenvalue weighted by Gasteiger charge is 2.29. The van der Waals surface area contributed by atoms with Gasteiger partial charge >= 0.3 is 0 Å². The van der Waals surface area contributed by atoms with Crippen LogP contribution in [0.15, 0.2) is 73.2 Å². The average molecular weight is 490 g/mol. The second-order valence-electron chi connectivity index (χ2n) is 9.20. The summed E-state index contributed by atoms with van der Waals surface area (Å²) >= 11 is 0. The van der Waals surface area contributed by atoms with Gasteiger partial charge in [0.1, 0.15) is 17.0 Å². The van der Waals surface area contributed by atoms with Crippen molar-refractivity contribution in [3.63, 3.8) is 0 Å². The molecule has 3 N–H and O–H groups in total. The Hall–Kier alpha value is -4.92. The molecule has 7 rings (SSSR count). The van der Waals surface area contributed by atoms with Crippen molar-refractivity contribution in [3.05, 3.63) is 79.0 Å². The van der Waals surface area contributed by atoms with Gasteiger partial charge in [-0.2, -0.15) is 5.10 Å². The van der Waals surface area contributed by atoms with E-state index < -0.39 is 0 Å². The van der Waals surface area contributed by atoms with Crippen molar-refractivity contribution in [3.8, 4) is 33.9 Å². The summed E-state index contributed by atoms with van der Waals surface area (Å²) in [4.78, 5) is 29.3. The number of rotatable bonds is 5. The first-order valence-electron chi connectivity index (χ1n) is 12.0. The lowest BCUT2D eigenvalue weighted by atomic mass is 10.1. The van der Waals surface area contributed by atoms with Crippen LogP contribution >= 0.6 is 0 Å². The molecular weight excluding hydrogens is 469 g/mol. The number of hydrogen-bond acceptors (Lipinski definition) is 5. The van der Waals surface area contributed by atoms with Crippen molar-refractivity contribution in [1.29, 1.82) is 0 Å². The minimum absolute atomic E-state index is 0.0350. The van der Waals surface area contributed by atoms with Crippen molar-refractivity contribution < 1.29 is 9.18 Å². The SMILES string of the molecule is O=C(Nc1cncc(-c2ccc3[nH]nc(-c4cc5c(-c6ccc(F)cc6)nccc5[nH]4)c3n2)c1)C1CC1. The van der Waals surface area contributed by atoms with Gasteiger partial charge in [0.05, 0.1) is 34.5 Å². The normalized spacial score (nSPS) is 13.3. The minimum atomic E-state index is -0.290. The molecular formula is C28H20FN7O. The van der Waals surface area contributed by atoms with Gasteiger partial charge in [-0.15, -0.1) is 0 Å². The van der Waals surface area contributed by atoms with Crippen LogP contribution in [0.5, 0.6) is 0 Å². The Kier molecular flexibility index (Phi) is 4.81. The van der Waals surface area contributed by atoms with Crippen molar-refractivity contribution >= 4 is 33.5 Å². The summed E-state index contributed by atoms with van der Waals surface area (Å²) in [6, 6.07) is 15.9. The second-order valence-corrected chi connectivity index (χ2v) is 9.20. The standard InChI is InChI=1S/C28H20FN7O/c29-18-5-3-15(4-6-18)25-20-12-24(33-22(20)9-10-31-25)27-26-23(35-36-27)8-7-21(34-26)17-11-19(14-30-13-17)32-28(37)16-1-2-16/h3-14,16,33H,1-2H2,(H,32,37)(H,35,36). The molecule has 5 aromatic heterocycles. The van der Waals surface area contributed by atoms with Gasteiger partial charge in [0.2, 0.25) is 5.91 Å². The molecule has 1 aliphatic rings. The number of fused-ring (bicyclic) bond motifs is 2. The fraction of sp³-hybridized carbons (Fsp3) is 0.107. The number of nitrogens with zero attached hydrogens (tertiary/aromatic N) is 4. The zero-order chi connectivity index (χ0) is 24.9. The molecule has 0 unspecified atom stereocenters. The fourth-order valence-electron chi connectivity index (χ4n) is 4.50. The molecule has 1 aromatic carbocycles. The first kappa shape index (κ1) is 21.4. The summed E-state index contributed by atoms with van der Waals surface area (Å²) in [6.45, 7) is 0. The number of hydrogen-bond donors (Lipinski definition) is 3. The van der Waals surface area contributed by atoms with E-state index in [1.165, 1.54) is 12.1 Å². The third-order valence-corrected chi connectivity index (χ3v) is 6.58. The van der Waals surface area contributed by atoms with Gasteiger partial charge in [0, 0.05) is 40.3 Å². The number of nitrogens with one attached hydrogen (secondary N) is 3. The van der Waals surface area contributed by atoms with Crippen LogP contribution in [0.25, 0.3) is 55.8 Å². The maximum atomic E-state index is 13.5. The van der Waals surface area contributed by atoms with Gasteiger partial charge in [-0.05, 0) is 67.4 Å². The summed E-state index contributed by atoms with van der Waals surface area (Å²) in [7, 11) is 0. The zero-order valence-corrected chi connectivity index (χ0v) is 19.5. The number of aromatic amines is 2. The van der Waals surface area contributed by atoms with Gasteiger partial charge in [-0.3, -0.25) is 19.9 Å². The monoisotopic (exact) mass is 489 g/mol. The number of amides is 1. The van der Waals surface area contributed by atoms with E-state index in [1.54, 1.807) is 30.7 Å². The summed E-state index contributed by atoms with van der Waals surface area (Å²) in [5, 5.41) is 11.4. The number of benzene rings is 1. The Labute approximate surface area is 210 Å². The Morgan fingerprint density at radius 1 is 0.946 bits per heavy atom. The molecule has 37 heavy (non-hydrogen) atoms. The second kappa shape index (κ2) is 8.34. The molecule has 6 aromatic rings. The maximum absolute atomic E-state index is 13.5. The molecule has 1 aliphatic carbocycles. The van der Waals surface area contributed by atoms with E-state index in [0.29, 0.717) is 16.9 Å². The lowest BCUT2D eigenvalue weighted by Gasteiger charge is -2.06. The summed E-state index contributed by atoms with van der Waals surface area (Å²) in [5.41, 5.74) is 7.58. The van der Waals surface area contributed by atoms with Crippen molar-refractivity contribution in [2.75, 3.05) is 5.32 Å². The molecule has 1 saturated carbocycles. The van der Waals surface area contributed by atoms with Crippen molar-refractivity contribution in [1.82, 2.24) is 30.1 Å². The molecule has 0 spiro atoms. The van der Waals surface area contributed by atoms with E-state index in [-0.39, 0.29) is 17.6 Å². The van der Waals surface area contributed by atoms with E-state index in [2.05, 4.69) is 30.5 Å². The van der Waals surface area contributed by atoms with Gasteiger partial charge < -0.3 is 10.3 Å². The number of aromatic nitrogens is 6. The molecule has 0 atom stereocenters. The Bertz CT molecular complexity index is 1800. The quantitative estimate of drug-likeness (QED) is 0.287. The largest absolute Gasteiger partial charge is 0.353 e. The Balaban J connectivity index is 1.28. The third kappa shape index (κ3) is 3.90. The summed E-state index contributed by atoms with van der Waals surface area (Å²) in [6.07, 6.45) is 6.97. The van der Waals surface area contributed by atoms with E-state index in [0.717, 1.165) is 57.5 Å². The minimum Gasteiger partial charge on any atom is -0.353 e. The van der Waals surface area contributed by atoms with Gasteiger partial charge in [0.15, 0.2) is 0 Å². The van der Waals surface area contributed by atoms with E-state index >= 15 is 0 Å². The molecule has 5 heterocycles. The molecule has 9 heteroatoms. The molecule has 0 aliphatic heterocycles. The Morgan fingerprint density at radius 3 is 2.65 bits per heavy atom. The maximum Gasteiger partial charge on any atom is 0.227 e. The van der Waals surface area contributed by atoms with Crippen LogP contribution in [0.3, 0.4) is 0 Å². The summed E-state index contributed by atoms with van der Waals surface area (Å²) in [5.74, 6) is -0.143. The number of H-pyrrole nitrogens is 2. The highest BCUT2D eigenvalue weighted by atomic mass is 19.1. The number of halogens is 1. The van der Waals surface area contributed by atoms with E-state index in [9.17, 15) is 9.18 Å². The average Bonchev–Trinajstić information content (AvgIpc) is 3.55. The van der Waals surface area contributed by atoms with E-state index in [4.69, 9.17) is 4.98 Å². The molecule has 1 fully saturated rings. The summed E-state index contributed by atoms with van der Waals surface area (Å²) < 4.78 is 13.5. The van der Waals surface area contributed by atoms with E-state index in [1.807, 2.05) is 30.3 Å². The topological polar surface area (TPSA) is 112 Å². The molecule has 180 valence electrons. The van der Waals surface area contributed by atoms with Gasteiger partial charge in [-0.25, -0.2) is 9.37 Å². The highest BCUT2D eigenvalue weighted by molar-refractivity contribution is 5.99. The number of anilines is 1. The molecule has 0 radical (unpaired) electrons. The number of pyridine rings is 3. The molecule has 0 bridgehead atoms. The fourth-order valence-corrected chi connectivity index (χ4v) is 4.50. The van der Waals surface area contributed by atoms with Crippen LogP contribution in [0.2, 0.25) is 0 Å². The molecule has 0 saturated heterocycles. The van der Waals surface area contributed by atoms with Gasteiger partial charge in [0.25, 0.3) is 0 Å². The molecule has 8 nitrogen and oxygen atoms in total. The van der Waals surface area contributed by atoms with Crippen LogP contribution < -0.4 is 5.32 Å². The first-order chi connectivity index (χ1) is 18.1. The Morgan fingerprint density at radius 2 is 1.81 bits per heavy atom. The van der Waals surface area contributed by atoms with Crippen molar-refractivity contribution in [2.24, 2.45) is 5.92 Å². The molecule has 1 amide bonds. The lowest BCUT2D eigenvalue weighted by Crippen LogP contribution is -2.13. The smallest absolute Gasteiger partial charge is 0.227 e. The third-order valence-electron chi connectivity index (χ3n) is 6.58. The highest BCUT2D eigenvalue weighted by Crippen LogP contribution is 2.34. The zero-order valence-electron chi connectivity index (χ0n) is 19.5. The predicted molar refractivity (Wildman–Crippen MR) is 139 cm³/mol. The first-order valence-corrected chi connectivity index (χ1v) is 12.0. The number of carbonyl (C=O) groups excluding carboxylic acids is 1. The number of carbonyl (C=O) groups is 1. The van der Waals surface area contributed by atoms with Gasteiger partial charge in [-0.1, -0.05) is 0 Å². The van der Waals surface area contributed by atoms with Crippen LogP contribution in [-0.4, -0.2) is 36.0 Å². The lowest BCUT2D eigenvalue weighted by molar-refractivity contribution is -0.117. The van der Waals surface area contributed by atoms with Crippen LogP contribution in [0.4, 0.5) is 10.1 Å². The van der Waals surface area contributed by atoms with Crippen molar-refractivity contribution in [2.45, 2.75) is 12.8 Å². The predicted octanol–water partition coefficient (Wildman–Crippen LogP) is 5.72. The van der Waals surface area contributed by atoms with Crippen LogP contribution in [0.1, 0.15) is 12.8 Å².